The van der Waals surface area contributed by atoms with Crippen molar-refractivity contribution in [2.24, 2.45) is 0 Å². The maximum Gasteiger partial charge on any atom is 0.0626 e. The first-order chi connectivity index (χ1) is 7.00. The van der Waals surface area contributed by atoms with Crippen molar-refractivity contribution in [1.82, 2.24) is 0 Å². The van der Waals surface area contributed by atoms with Crippen LogP contribution >= 0.6 is 0 Å². The molecular formula is C9H9N. The first-order valence-electron chi connectivity index (χ1n) is 5.43. The van der Waals surface area contributed by atoms with E-state index < -0.39 is 6.04 Å². The molecule has 0 amide bonds. The summed E-state index contributed by atoms with van der Waals surface area (Å²) in [6.07, 6.45) is 0.334. The number of hydrogen-bond donors (Lipinski definition) is 0. The van der Waals surface area contributed by atoms with Gasteiger partial charge >= 0.3 is 0 Å². The van der Waals surface area contributed by atoms with Gasteiger partial charge in [0.2, 0.25) is 0 Å². The zero-order valence-electron chi connectivity index (χ0n) is 10.4. The highest BCUT2D eigenvalue weighted by atomic mass is 14.2. The Balaban J connectivity index is 3.33. The second-order valence-corrected chi connectivity index (χ2v) is 1.76. The molecule has 0 aliphatic carbocycles. The minimum Gasteiger partial charge on any atom is -0.198 e. The highest BCUT2D eigenvalue weighted by Gasteiger charge is 1.87. The minimum atomic E-state index is -0.397. The normalized spacial score (nSPS) is 15.7. The summed E-state index contributed by atoms with van der Waals surface area (Å²) in [5.41, 5.74) is 0.211. The molecule has 0 aliphatic rings. The molecule has 1 nitrogen and oxygen atoms in total. The van der Waals surface area contributed by atoms with Gasteiger partial charge < -0.3 is 0 Å². The lowest BCUT2D eigenvalue weighted by molar-refractivity contribution is 1.01. The first-order valence-corrected chi connectivity index (χ1v) is 2.93. The van der Waals surface area contributed by atoms with Crippen LogP contribution in [0.2, 0.25) is 0 Å². The van der Waals surface area contributed by atoms with E-state index in [4.69, 9.17) is 12.1 Å². The van der Waals surface area contributed by atoms with Crippen molar-refractivity contribution in [3.05, 3.63) is 35.8 Å². The van der Waals surface area contributed by atoms with Crippen LogP contribution in [-0.4, -0.2) is 0 Å². The van der Waals surface area contributed by atoms with Crippen LogP contribution in [0.15, 0.2) is 30.2 Å². The summed E-state index contributed by atoms with van der Waals surface area (Å²) in [7, 11) is 0. The van der Waals surface area contributed by atoms with E-state index in [0.29, 0.717) is 0 Å². The van der Waals surface area contributed by atoms with E-state index in [1.165, 1.54) is 0 Å². The fourth-order valence-electron chi connectivity index (χ4n) is 0.582. The van der Waals surface area contributed by atoms with Gasteiger partial charge in [-0.1, -0.05) is 30.2 Å². The Labute approximate surface area is 67.9 Å². The topological polar surface area (TPSA) is 23.8 Å². The Kier molecular flexibility index (Phi) is 1.01. The van der Waals surface area contributed by atoms with E-state index in [-0.39, 0.29) is 42.6 Å². The fraction of sp³-hybridized carbons (Fsp3) is 0.222. The fourth-order valence-corrected chi connectivity index (χ4v) is 0.582. The first kappa shape index (κ1) is 2.75. The molecule has 1 aromatic carbocycles. The van der Waals surface area contributed by atoms with Gasteiger partial charge in [-0.3, -0.25) is 0 Å². The number of hydrogen-bond acceptors (Lipinski definition) is 1. The summed E-state index contributed by atoms with van der Waals surface area (Å²) in [6.45, 7) is 0. The third-order valence-electron chi connectivity index (χ3n) is 1.04. The van der Waals surface area contributed by atoms with Gasteiger partial charge in [0.15, 0.2) is 0 Å². The van der Waals surface area contributed by atoms with E-state index in [2.05, 4.69) is 0 Å². The smallest absolute Gasteiger partial charge is 0.0626 e. The van der Waals surface area contributed by atoms with Crippen LogP contribution in [0.3, 0.4) is 0 Å². The van der Waals surface area contributed by atoms with E-state index in [9.17, 15) is 0 Å². The summed E-state index contributed by atoms with van der Waals surface area (Å²) in [5, 5.41) is 8.40. The van der Waals surface area contributed by atoms with Crippen molar-refractivity contribution in [3.8, 4) is 6.07 Å². The number of nitriles is 1. The van der Waals surface area contributed by atoms with Gasteiger partial charge in [-0.05, 0) is 12.0 Å². The summed E-state index contributed by atoms with van der Waals surface area (Å²) in [4.78, 5) is 0. The van der Waals surface area contributed by atoms with Crippen LogP contribution in [0.1, 0.15) is 18.8 Å². The number of benzene rings is 1. The molecule has 0 fully saturated rings. The lowest BCUT2D eigenvalue weighted by Crippen LogP contribution is -1.80. The van der Waals surface area contributed by atoms with Crippen molar-refractivity contribution >= 4 is 0 Å². The van der Waals surface area contributed by atoms with E-state index in [1.54, 1.807) is 0 Å². The third kappa shape index (κ3) is 1.91. The van der Waals surface area contributed by atoms with Gasteiger partial charge in [-0.25, -0.2) is 0 Å². The van der Waals surface area contributed by atoms with Gasteiger partial charge in [-0.2, -0.15) is 5.26 Å². The highest BCUT2D eigenvalue weighted by molar-refractivity contribution is 5.15. The van der Waals surface area contributed by atoms with Crippen LogP contribution in [0.25, 0.3) is 0 Å². The van der Waals surface area contributed by atoms with Gasteiger partial charge in [0.05, 0.1) is 12.9 Å². The molecule has 0 spiro atoms. The summed E-state index contributed by atoms with van der Waals surface area (Å²) in [5.74, 6) is 0. The summed E-state index contributed by atoms with van der Waals surface area (Å²) < 4.78 is 37.2. The molecular weight excluding hydrogens is 122 g/mol. The van der Waals surface area contributed by atoms with Gasteiger partial charge in [0.25, 0.3) is 0 Å². The number of rotatable bonds is 2. The third-order valence-corrected chi connectivity index (χ3v) is 1.04. The molecule has 0 radical (unpaired) electrons. The van der Waals surface area contributed by atoms with E-state index >= 15 is 0 Å². The van der Waals surface area contributed by atoms with Crippen LogP contribution in [-0.2, 0) is 6.42 Å². The van der Waals surface area contributed by atoms with Crippen molar-refractivity contribution in [2.45, 2.75) is 12.8 Å². The molecule has 0 saturated carbocycles. The van der Waals surface area contributed by atoms with Crippen LogP contribution in [0, 0.1) is 11.3 Å². The predicted octanol–water partition coefficient (Wildman–Crippen LogP) is 2.14. The molecule has 0 aromatic heterocycles. The van der Waals surface area contributed by atoms with Gasteiger partial charge in [0.1, 0.15) is 0 Å². The van der Waals surface area contributed by atoms with Crippen molar-refractivity contribution in [1.29, 1.82) is 5.26 Å². The molecule has 0 saturated heterocycles. The molecule has 0 unspecified atom stereocenters. The Morgan fingerprint density at radius 1 is 1.40 bits per heavy atom. The maximum atomic E-state index is 8.40. The Morgan fingerprint density at radius 3 is 2.70 bits per heavy atom. The van der Waals surface area contributed by atoms with Crippen LogP contribution in [0.5, 0.6) is 0 Å². The summed E-state index contributed by atoms with van der Waals surface area (Å²) >= 11 is 0. The zero-order chi connectivity index (χ0) is 11.6. The molecule has 0 heterocycles. The van der Waals surface area contributed by atoms with E-state index in [0.717, 1.165) is 0 Å². The molecule has 0 N–H and O–H groups in total. The number of nitrogens with zero attached hydrogens (tertiary/aromatic N) is 1. The Bertz CT molecular complexity index is 406. The highest BCUT2D eigenvalue weighted by Crippen LogP contribution is 2.00. The largest absolute Gasteiger partial charge is 0.198 e. The average Bonchev–Trinajstić information content (AvgIpc) is 2.24. The maximum absolute atomic E-state index is 8.40. The summed E-state index contributed by atoms with van der Waals surface area (Å²) in [6, 6.07) is 0.380. The Hall–Kier alpha value is -1.29. The predicted molar refractivity (Wildman–Crippen MR) is 40.4 cm³/mol. The van der Waals surface area contributed by atoms with Crippen molar-refractivity contribution in [2.75, 3.05) is 0 Å². The van der Waals surface area contributed by atoms with Crippen molar-refractivity contribution in [3.63, 3.8) is 0 Å². The molecule has 0 aliphatic heterocycles. The molecule has 1 rings (SSSR count). The SMILES string of the molecule is [2H]c1c([2H])c([2H])c(CCC#N)c([2H])c1[2H]. The Morgan fingerprint density at radius 2 is 2.10 bits per heavy atom. The standard InChI is InChI=1S/C9H9N/c10-8-4-7-9-5-2-1-3-6-9/h1-3,5-6H,4,7H2/i1D,2D,3D,5D,6D. The minimum absolute atomic E-state index is 0.147. The molecule has 0 atom stereocenters. The lowest BCUT2D eigenvalue weighted by atomic mass is 10.1. The molecule has 1 heteroatoms. The molecule has 50 valence electrons. The molecule has 1 aromatic rings. The monoisotopic (exact) mass is 136 g/mol. The second kappa shape index (κ2) is 3.68. The van der Waals surface area contributed by atoms with Crippen molar-refractivity contribution < 1.29 is 6.85 Å². The van der Waals surface area contributed by atoms with Gasteiger partial charge in [0, 0.05) is 6.42 Å². The molecule has 10 heavy (non-hydrogen) atoms. The lowest BCUT2D eigenvalue weighted by Gasteiger charge is -1.92. The quantitative estimate of drug-likeness (QED) is 0.611. The average molecular weight is 136 g/mol. The van der Waals surface area contributed by atoms with Crippen LogP contribution < -0.4 is 0 Å². The van der Waals surface area contributed by atoms with Crippen LogP contribution in [0.4, 0.5) is 0 Å². The zero-order valence-corrected chi connectivity index (χ0v) is 5.36. The van der Waals surface area contributed by atoms with Gasteiger partial charge in [-0.15, -0.1) is 0 Å². The second-order valence-electron chi connectivity index (χ2n) is 1.76. The van der Waals surface area contributed by atoms with E-state index in [1.807, 2.05) is 6.07 Å². The molecule has 0 bridgehead atoms.